The summed E-state index contributed by atoms with van der Waals surface area (Å²) in [6.45, 7) is 2.55. The maximum absolute atomic E-state index is 11.7. The molecule has 1 aromatic rings. The summed E-state index contributed by atoms with van der Waals surface area (Å²) >= 11 is 5.75. The van der Waals surface area contributed by atoms with E-state index in [-0.39, 0.29) is 5.91 Å². The van der Waals surface area contributed by atoms with Crippen molar-refractivity contribution in [2.45, 2.75) is 39.0 Å². The fraction of sp³-hybridized carbons (Fsp3) is 0.538. The first-order chi connectivity index (χ1) is 8.63. The highest BCUT2D eigenvalue weighted by molar-refractivity contribution is 6.29. The third kappa shape index (κ3) is 5.47. The molecule has 0 atom stereocenters. The number of anilines is 1. The van der Waals surface area contributed by atoms with E-state index in [1.807, 2.05) is 6.92 Å². The van der Waals surface area contributed by atoms with Crippen LogP contribution in [0.1, 0.15) is 37.8 Å². The van der Waals surface area contributed by atoms with Crippen molar-refractivity contribution < 1.29 is 4.79 Å². The molecule has 0 saturated carbocycles. The van der Waals surface area contributed by atoms with Crippen LogP contribution in [0, 0.1) is 6.92 Å². The average molecular weight is 270 g/mol. The van der Waals surface area contributed by atoms with Gasteiger partial charge in [-0.3, -0.25) is 4.79 Å². The molecule has 0 radical (unpaired) electrons. The van der Waals surface area contributed by atoms with Gasteiger partial charge in [-0.15, -0.1) is 0 Å². The van der Waals surface area contributed by atoms with Crippen LogP contribution < -0.4 is 11.1 Å². The normalized spacial score (nSPS) is 10.4. The Balaban J connectivity index is 2.31. The SMILES string of the molecule is Cc1nc(Cl)ccc1NC(=O)CCCCCCN. The molecule has 3 N–H and O–H groups in total. The van der Waals surface area contributed by atoms with Gasteiger partial charge in [0.15, 0.2) is 0 Å². The standard InChI is InChI=1S/C13H20ClN3O/c1-10-11(7-8-12(14)16-10)17-13(18)6-4-2-3-5-9-15/h7-8H,2-6,9,15H2,1H3,(H,17,18). The Kier molecular flexibility index (Phi) is 6.68. The zero-order valence-electron chi connectivity index (χ0n) is 10.7. The van der Waals surface area contributed by atoms with Crippen LogP contribution in [0.25, 0.3) is 0 Å². The molecular formula is C13H20ClN3O. The second-order valence-electron chi connectivity index (χ2n) is 4.27. The van der Waals surface area contributed by atoms with Crippen LogP contribution in [-0.4, -0.2) is 17.4 Å². The number of pyridine rings is 1. The Labute approximate surface area is 113 Å². The van der Waals surface area contributed by atoms with E-state index in [1.54, 1.807) is 12.1 Å². The van der Waals surface area contributed by atoms with Crippen LogP contribution >= 0.6 is 11.6 Å². The fourth-order valence-corrected chi connectivity index (χ4v) is 1.85. The second kappa shape index (κ2) is 8.06. The molecule has 100 valence electrons. The third-order valence-electron chi connectivity index (χ3n) is 2.68. The van der Waals surface area contributed by atoms with E-state index in [4.69, 9.17) is 17.3 Å². The van der Waals surface area contributed by atoms with Gasteiger partial charge in [0.05, 0.1) is 11.4 Å². The summed E-state index contributed by atoms with van der Waals surface area (Å²) in [5.74, 6) is 0.0231. The summed E-state index contributed by atoms with van der Waals surface area (Å²) in [6.07, 6.45) is 4.59. The van der Waals surface area contributed by atoms with Crippen LogP contribution in [0.5, 0.6) is 0 Å². The van der Waals surface area contributed by atoms with Crippen molar-refractivity contribution >= 4 is 23.2 Å². The first-order valence-electron chi connectivity index (χ1n) is 6.26. The van der Waals surface area contributed by atoms with Gasteiger partial charge in [-0.2, -0.15) is 0 Å². The molecule has 1 amide bonds. The molecule has 0 aromatic carbocycles. The minimum atomic E-state index is 0.0231. The molecule has 0 aliphatic carbocycles. The van der Waals surface area contributed by atoms with Gasteiger partial charge in [0, 0.05) is 6.42 Å². The summed E-state index contributed by atoms with van der Waals surface area (Å²) in [4.78, 5) is 15.8. The number of hydrogen-bond donors (Lipinski definition) is 2. The Morgan fingerprint density at radius 3 is 2.72 bits per heavy atom. The minimum absolute atomic E-state index is 0.0231. The Bertz CT molecular complexity index is 396. The molecule has 0 spiro atoms. The van der Waals surface area contributed by atoms with E-state index in [0.29, 0.717) is 11.6 Å². The van der Waals surface area contributed by atoms with Gasteiger partial charge in [0.1, 0.15) is 5.15 Å². The Morgan fingerprint density at radius 2 is 2.06 bits per heavy atom. The van der Waals surface area contributed by atoms with Crippen molar-refractivity contribution in [2.75, 3.05) is 11.9 Å². The number of nitrogens with zero attached hydrogens (tertiary/aromatic N) is 1. The van der Waals surface area contributed by atoms with Crippen molar-refractivity contribution in [1.82, 2.24) is 4.98 Å². The van der Waals surface area contributed by atoms with E-state index >= 15 is 0 Å². The number of hydrogen-bond acceptors (Lipinski definition) is 3. The number of aryl methyl sites for hydroxylation is 1. The molecule has 4 nitrogen and oxygen atoms in total. The third-order valence-corrected chi connectivity index (χ3v) is 2.89. The highest BCUT2D eigenvalue weighted by Crippen LogP contribution is 2.16. The predicted octanol–water partition coefficient (Wildman–Crippen LogP) is 2.89. The summed E-state index contributed by atoms with van der Waals surface area (Å²) in [5.41, 5.74) is 6.87. The number of nitrogens with one attached hydrogen (secondary N) is 1. The Morgan fingerprint density at radius 1 is 1.33 bits per heavy atom. The first kappa shape index (κ1) is 14.9. The van der Waals surface area contributed by atoms with Gasteiger partial charge in [-0.1, -0.05) is 24.4 Å². The van der Waals surface area contributed by atoms with Crippen molar-refractivity contribution in [3.05, 3.63) is 23.0 Å². The molecule has 1 aromatic heterocycles. The fourth-order valence-electron chi connectivity index (χ4n) is 1.66. The maximum atomic E-state index is 11.7. The number of aromatic nitrogens is 1. The van der Waals surface area contributed by atoms with Crippen LogP contribution in [0.3, 0.4) is 0 Å². The lowest BCUT2D eigenvalue weighted by atomic mass is 10.1. The summed E-state index contributed by atoms with van der Waals surface area (Å²) in [5, 5.41) is 3.28. The Hall–Kier alpha value is -1.13. The van der Waals surface area contributed by atoms with E-state index in [9.17, 15) is 4.79 Å². The lowest BCUT2D eigenvalue weighted by molar-refractivity contribution is -0.116. The molecule has 0 aliphatic rings. The minimum Gasteiger partial charge on any atom is -0.330 e. The highest BCUT2D eigenvalue weighted by Gasteiger charge is 2.05. The summed E-state index contributed by atoms with van der Waals surface area (Å²) in [7, 11) is 0. The molecule has 0 saturated heterocycles. The van der Waals surface area contributed by atoms with Gasteiger partial charge < -0.3 is 11.1 Å². The van der Waals surface area contributed by atoms with Gasteiger partial charge in [-0.05, 0) is 38.4 Å². The van der Waals surface area contributed by atoms with Crippen LogP contribution in [0.2, 0.25) is 5.15 Å². The van der Waals surface area contributed by atoms with Gasteiger partial charge in [-0.25, -0.2) is 4.98 Å². The van der Waals surface area contributed by atoms with E-state index in [1.165, 1.54) is 0 Å². The topological polar surface area (TPSA) is 68.0 Å². The predicted molar refractivity (Wildman–Crippen MR) is 74.8 cm³/mol. The number of carbonyl (C=O) groups excluding carboxylic acids is 1. The molecular weight excluding hydrogens is 250 g/mol. The second-order valence-corrected chi connectivity index (χ2v) is 4.66. The zero-order chi connectivity index (χ0) is 13.4. The summed E-state index contributed by atoms with van der Waals surface area (Å²) in [6, 6.07) is 3.45. The molecule has 0 unspecified atom stereocenters. The first-order valence-corrected chi connectivity index (χ1v) is 6.64. The quantitative estimate of drug-likeness (QED) is 0.591. The molecule has 1 rings (SSSR count). The van der Waals surface area contributed by atoms with Gasteiger partial charge in [0.2, 0.25) is 5.91 Å². The number of amides is 1. The van der Waals surface area contributed by atoms with Crippen LogP contribution in [-0.2, 0) is 4.79 Å². The number of halogens is 1. The highest BCUT2D eigenvalue weighted by atomic mass is 35.5. The van der Waals surface area contributed by atoms with Gasteiger partial charge in [0.25, 0.3) is 0 Å². The zero-order valence-corrected chi connectivity index (χ0v) is 11.5. The molecule has 0 bridgehead atoms. The molecule has 1 heterocycles. The van der Waals surface area contributed by atoms with Crippen molar-refractivity contribution in [2.24, 2.45) is 5.73 Å². The average Bonchev–Trinajstić information content (AvgIpc) is 2.32. The largest absolute Gasteiger partial charge is 0.330 e. The molecule has 5 heteroatoms. The summed E-state index contributed by atoms with van der Waals surface area (Å²) < 4.78 is 0. The number of nitrogens with two attached hydrogens (primary N) is 1. The van der Waals surface area contributed by atoms with Crippen molar-refractivity contribution in [1.29, 1.82) is 0 Å². The van der Waals surface area contributed by atoms with Crippen LogP contribution in [0.4, 0.5) is 5.69 Å². The van der Waals surface area contributed by atoms with E-state index in [2.05, 4.69) is 10.3 Å². The smallest absolute Gasteiger partial charge is 0.224 e. The van der Waals surface area contributed by atoms with E-state index in [0.717, 1.165) is 43.6 Å². The number of carbonyl (C=O) groups is 1. The molecule has 0 aliphatic heterocycles. The molecule has 0 fully saturated rings. The van der Waals surface area contributed by atoms with E-state index < -0.39 is 0 Å². The monoisotopic (exact) mass is 269 g/mol. The molecule has 18 heavy (non-hydrogen) atoms. The lowest BCUT2D eigenvalue weighted by Crippen LogP contribution is -2.12. The van der Waals surface area contributed by atoms with Crippen molar-refractivity contribution in [3.63, 3.8) is 0 Å². The van der Waals surface area contributed by atoms with Crippen molar-refractivity contribution in [3.8, 4) is 0 Å². The van der Waals surface area contributed by atoms with Crippen LogP contribution in [0.15, 0.2) is 12.1 Å². The maximum Gasteiger partial charge on any atom is 0.224 e. The van der Waals surface area contributed by atoms with Gasteiger partial charge >= 0.3 is 0 Å². The number of rotatable bonds is 7. The lowest BCUT2D eigenvalue weighted by Gasteiger charge is -2.07. The number of unbranched alkanes of at least 4 members (excludes halogenated alkanes) is 3.